The normalized spacial score (nSPS) is 10.7. The predicted molar refractivity (Wildman–Crippen MR) is 96.0 cm³/mol. The number of benzene rings is 2. The fourth-order valence-corrected chi connectivity index (χ4v) is 2.58. The number of nitrogens with zero attached hydrogens (tertiary/aromatic N) is 2. The lowest BCUT2D eigenvalue weighted by atomic mass is 10.1. The van der Waals surface area contributed by atoms with Crippen LogP contribution in [0.15, 0.2) is 69.7 Å². The minimum absolute atomic E-state index is 0.517. The van der Waals surface area contributed by atoms with Crippen molar-refractivity contribution in [2.45, 2.75) is 0 Å². The fraction of sp³-hybridized carbons (Fsp3) is 0.100. The van der Waals surface area contributed by atoms with Crippen molar-refractivity contribution in [1.29, 1.82) is 0 Å². The van der Waals surface area contributed by atoms with E-state index in [1.54, 1.807) is 14.2 Å². The molecule has 0 atom stereocenters. The van der Waals surface area contributed by atoms with Crippen molar-refractivity contribution in [2.75, 3.05) is 14.2 Å². The molecule has 0 N–H and O–H groups in total. The first-order valence-corrected chi connectivity index (χ1v) is 7.99. The molecule has 4 aromatic rings. The zero-order chi connectivity index (χ0) is 17.9. The lowest BCUT2D eigenvalue weighted by Gasteiger charge is -1.99. The molecule has 0 aliphatic carbocycles. The van der Waals surface area contributed by atoms with Crippen LogP contribution in [-0.4, -0.2) is 24.5 Å². The molecule has 0 aliphatic heterocycles. The largest absolute Gasteiger partial charge is 0.497 e. The molecule has 4 rings (SSSR count). The summed E-state index contributed by atoms with van der Waals surface area (Å²) in [4.78, 5) is 0. The van der Waals surface area contributed by atoms with Gasteiger partial charge in [-0.25, -0.2) is 0 Å². The van der Waals surface area contributed by atoms with Crippen LogP contribution in [-0.2, 0) is 0 Å². The molecule has 0 aliphatic rings. The van der Waals surface area contributed by atoms with Gasteiger partial charge < -0.3 is 18.5 Å². The molecule has 130 valence electrons. The van der Waals surface area contributed by atoms with E-state index in [4.69, 9.17) is 18.5 Å². The Bertz CT molecular complexity index is 917. The highest BCUT2D eigenvalue weighted by Gasteiger charge is 2.14. The van der Waals surface area contributed by atoms with E-state index in [9.17, 15) is 0 Å². The Morgan fingerprint density at radius 2 is 1.00 bits per heavy atom. The van der Waals surface area contributed by atoms with Gasteiger partial charge in [-0.2, -0.15) is 0 Å². The van der Waals surface area contributed by atoms with Crippen LogP contribution in [0.1, 0.15) is 0 Å². The number of ether oxygens (including phenoxy) is 2. The summed E-state index contributed by atoms with van der Waals surface area (Å²) < 4.78 is 21.2. The van der Waals surface area contributed by atoms with Gasteiger partial charge in [0, 0.05) is 23.3 Å². The van der Waals surface area contributed by atoms with Crippen LogP contribution in [0.25, 0.3) is 34.0 Å². The third-order valence-corrected chi connectivity index (χ3v) is 4.03. The van der Waals surface area contributed by atoms with Gasteiger partial charge in [-0.1, -0.05) is 10.3 Å². The van der Waals surface area contributed by atoms with Crippen LogP contribution >= 0.6 is 0 Å². The summed E-state index contributed by atoms with van der Waals surface area (Å²) in [7, 11) is 3.26. The van der Waals surface area contributed by atoms with Gasteiger partial charge in [0.25, 0.3) is 0 Å². The highest BCUT2D eigenvalue weighted by atomic mass is 16.5. The first-order chi connectivity index (χ1) is 12.8. The number of hydrogen-bond donors (Lipinski definition) is 0. The Hall–Kier alpha value is -3.54. The third kappa shape index (κ3) is 3.04. The smallest absolute Gasteiger partial charge is 0.205 e. The van der Waals surface area contributed by atoms with Gasteiger partial charge >= 0.3 is 0 Å². The summed E-state index contributed by atoms with van der Waals surface area (Å²) in [5, 5.41) is 8.21. The van der Waals surface area contributed by atoms with Crippen molar-refractivity contribution in [3.8, 4) is 45.5 Å². The van der Waals surface area contributed by atoms with E-state index in [-0.39, 0.29) is 0 Å². The summed E-state index contributed by atoms with van der Waals surface area (Å²) in [5.74, 6) is 2.61. The van der Waals surface area contributed by atoms with Gasteiger partial charge in [-0.15, -0.1) is 0 Å². The minimum Gasteiger partial charge on any atom is -0.497 e. The lowest BCUT2D eigenvalue weighted by molar-refractivity contribution is 0.389. The van der Waals surface area contributed by atoms with Gasteiger partial charge in [0.1, 0.15) is 22.9 Å². The summed E-state index contributed by atoms with van der Waals surface area (Å²) in [5.41, 5.74) is 3.28. The lowest BCUT2D eigenvalue weighted by Crippen LogP contribution is -1.82. The molecule has 0 saturated carbocycles. The molecule has 0 amide bonds. The van der Waals surface area contributed by atoms with Crippen LogP contribution in [0.5, 0.6) is 11.5 Å². The monoisotopic (exact) mass is 348 g/mol. The van der Waals surface area contributed by atoms with E-state index in [2.05, 4.69) is 10.3 Å². The Labute approximate surface area is 149 Å². The Balaban J connectivity index is 1.58. The summed E-state index contributed by atoms with van der Waals surface area (Å²) in [6.45, 7) is 0. The standard InChI is InChI=1S/C20H16N2O4/c1-23-15-7-3-13(4-8-15)17-11-19(25-21-17)20-12-18(22-26-20)14-5-9-16(24-2)10-6-14/h3-12H,1-2H3. The van der Waals surface area contributed by atoms with Crippen molar-refractivity contribution < 1.29 is 18.5 Å². The van der Waals surface area contributed by atoms with Gasteiger partial charge in [0.15, 0.2) is 0 Å². The van der Waals surface area contributed by atoms with Crippen molar-refractivity contribution in [3.63, 3.8) is 0 Å². The van der Waals surface area contributed by atoms with Crippen LogP contribution in [0, 0.1) is 0 Å². The molecule has 2 aromatic heterocycles. The second-order valence-corrected chi connectivity index (χ2v) is 5.61. The summed E-state index contributed by atoms with van der Waals surface area (Å²) >= 11 is 0. The second-order valence-electron chi connectivity index (χ2n) is 5.61. The molecule has 0 spiro atoms. The van der Waals surface area contributed by atoms with Crippen LogP contribution in [0.4, 0.5) is 0 Å². The molecule has 0 unspecified atom stereocenters. The Kier molecular flexibility index (Phi) is 4.15. The quantitative estimate of drug-likeness (QED) is 0.521. The van der Waals surface area contributed by atoms with E-state index >= 15 is 0 Å². The maximum Gasteiger partial charge on any atom is 0.205 e. The van der Waals surface area contributed by atoms with Crippen LogP contribution in [0.2, 0.25) is 0 Å². The fourth-order valence-electron chi connectivity index (χ4n) is 2.58. The molecule has 6 nitrogen and oxygen atoms in total. The topological polar surface area (TPSA) is 70.5 Å². The number of rotatable bonds is 5. The number of methoxy groups -OCH3 is 2. The molecule has 0 radical (unpaired) electrons. The van der Waals surface area contributed by atoms with E-state index in [1.807, 2.05) is 60.7 Å². The third-order valence-electron chi connectivity index (χ3n) is 4.03. The Morgan fingerprint density at radius 1 is 0.615 bits per heavy atom. The van der Waals surface area contributed by atoms with E-state index < -0.39 is 0 Å². The van der Waals surface area contributed by atoms with E-state index in [0.717, 1.165) is 22.6 Å². The zero-order valence-electron chi connectivity index (χ0n) is 14.3. The molecule has 0 fully saturated rings. The van der Waals surface area contributed by atoms with Gasteiger partial charge in [-0.05, 0) is 48.5 Å². The first-order valence-electron chi connectivity index (χ1n) is 7.99. The first kappa shape index (κ1) is 16.0. The molecular formula is C20H16N2O4. The molecule has 6 heteroatoms. The Morgan fingerprint density at radius 3 is 1.35 bits per heavy atom. The minimum atomic E-state index is 0.517. The molecule has 2 aromatic carbocycles. The molecule has 2 heterocycles. The second kappa shape index (κ2) is 6.76. The molecule has 0 saturated heterocycles. The SMILES string of the molecule is COc1ccc(-c2cc(-c3cc(-c4ccc(OC)cc4)no3)on2)cc1. The average Bonchev–Trinajstić information content (AvgIpc) is 3.38. The molecular weight excluding hydrogens is 332 g/mol. The van der Waals surface area contributed by atoms with E-state index in [0.29, 0.717) is 22.9 Å². The molecule has 0 bridgehead atoms. The summed E-state index contributed by atoms with van der Waals surface area (Å²) in [6, 6.07) is 18.8. The van der Waals surface area contributed by atoms with Crippen molar-refractivity contribution >= 4 is 0 Å². The maximum atomic E-state index is 5.41. The van der Waals surface area contributed by atoms with Crippen molar-refractivity contribution in [1.82, 2.24) is 10.3 Å². The predicted octanol–water partition coefficient (Wildman–Crippen LogP) is 4.68. The van der Waals surface area contributed by atoms with Crippen LogP contribution in [0.3, 0.4) is 0 Å². The number of aromatic nitrogens is 2. The highest BCUT2D eigenvalue weighted by Crippen LogP contribution is 2.30. The van der Waals surface area contributed by atoms with Gasteiger partial charge in [-0.3, -0.25) is 0 Å². The van der Waals surface area contributed by atoms with Crippen molar-refractivity contribution in [3.05, 3.63) is 60.7 Å². The molecule has 26 heavy (non-hydrogen) atoms. The number of hydrogen-bond acceptors (Lipinski definition) is 6. The van der Waals surface area contributed by atoms with Gasteiger partial charge in [0.2, 0.25) is 11.5 Å². The zero-order valence-corrected chi connectivity index (χ0v) is 14.3. The van der Waals surface area contributed by atoms with Crippen LogP contribution < -0.4 is 9.47 Å². The maximum absolute atomic E-state index is 5.41. The highest BCUT2D eigenvalue weighted by molar-refractivity contribution is 5.68. The van der Waals surface area contributed by atoms with Gasteiger partial charge in [0.05, 0.1) is 14.2 Å². The summed E-state index contributed by atoms with van der Waals surface area (Å²) in [6.07, 6.45) is 0. The average molecular weight is 348 g/mol. The van der Waals surface area contributed by atoms with Crippen molar-refractivity contribution in [2.24, 2.45) is 0 Å². The van der Waals surface area contributed by atoms with E-state index in [1.165, 1.54) is 0 Å².